The summed E-state index contributed by atoms with van der Waals surface area (Å²) in [6.07, 6.45) is 2.09. The molecule has 4 N–H and O–H groups in total. The molecule has 1 heterocycles. The summed E-state index contributed by atoms with van der Waals surface area (Å²) in [6, 6.07) is 20.5. The van der Waals surface area contributed by atoms with Crippen molar-refractivity contribution in [3.8, 4) is 11.6 Å². The molecule has 3 aromatic carbocycles. The van der Waals surface area contributed by atoms with E-state index in [1.165, 1.54) is 18.2 Å². The van der Waals surface area contributed by atoms with Crippen LogP contribution in [0.1, 0.15) is 24.0 Å². The van der Waals surface area contributed by atoms with Gasteiger partial charge in [0.2, 0.25) is 10.0 Å². The molecule has 0 aliphatic heterocycles. The van der Waals surface area contributed by atoms with Gasteiger partial charge < -0.3 is 15.2 Å². The van der Waals surface area contributed by atoms with Gasteiger partial charge in [0.25, 0.3) is 0 Å². The first kappa shape index (κ1) is 21.2. The zero-order valence-electron chi connectivity index (χ0n) is 17.7. The lowest BCUT2D eigenvalue weighted by molar-refractivity contribution is 0.457. The number of fused-ring (bicyclic) bond motifs is 1. The Balaban J connectivity index is 1.66. The molecule has 1 aliphatic carbocycles. The van der Waals surface area contributed by atoms with Gasteiger partial charge in [-0.1, -0.05) is 30.3 Å². The van der Waals surface area contributed by atoms with Gasteiger partial charge >= 0.3 is 0 Å². The number of aromatic amines is 1. The van der Waals surface area contributed by atoms with Gasteiger partial charge in [0.1, 0.15) is 5.75 Å². The molecule has 1 saturated carbocycles. The van der Waals surface area contributed by atoms with Crippen molar-refractivity contribution in [1.29, 1.82) is 0 Å². The Morgan fingerprint density at radius 2 is 1.73 bits per heavy atom. The predicted octanol–water partition coefficient (Wildman–Crippen LogP) is 4.44. The summed E-state index contributed by atoms with van der Waals surface area (Å²) in [5.74, 6) is 0.433. The smallest absolute Gasteiger partial charge is 0.240 e. The third-order valence-corrected chi connectivity index (χ3v) is 7.12. The van der Waals surface area contributed by atoms with Crippen LogP contribution in [0.4, 0.5) is 5.69 Å². The van der Waals surface area contributed by atoms with Gasteiger partial charge in [-0.3, -0.25) is 0 Å². The first-order chi connectivity index (χ1) is 15.9. The van der Waals surface area contributed by atoms with E-state index >= 15 is 0 Å². The minimum absolute atomic E-state index is 0.105. The first-order valence-corrected chi connectivity index (χ1v) is 12.2. The number of sulfonamides is 1. The van der Waals surface area contributed by atoms with Gasteiger partial charge in [-0.25, -0.2) is 18.1 Å². The van der Waals surface area contributed by atoms with E-state index in [1.807, 2.05) is 30.3 Å². The number of hydrogen-bond donors (Lipinski definition) is 4. The number of aromatic nitrogens is 1. The zero-order valence-corrected chi connectivity index (χ0v) is 18.5. The monoisotopic (exact) mass is 461 g/mol. The maximum absolute atomic E-state index is 12.9. The molecule has 4 aromatic rings. The van der Waals surface area contributed by atoms with E-state index in [-0.39, 0.29) is 16.5 Å². The number of phenols is 1. The standard InChI is InChI=1S/C25H23N3O4S/c29-19-10-8-18(9-11-19)27-24(17-4-2-1-3-5-17)23-21-14-20(12-13-22(21)28-25(23)30)33(31,32)26-15-16-6-7-16/h1-5,8-14,16,26,28-30H,6-7,15H2. The maximum Gasteiger partial charge on any atom is 0.240 e. The highest BCUT2D eigenvalue weighted by Crippen LogP contribution is 2.33. The Labute approximate surface area is 191 Å². The quantitative estimate of drug-likeness (QED) is 0.305. The van der Waals surface area contributed by atoms with Crippen LogP contribution in [0.2, 0.25) is 0 Å². The largest absolute Gasteiger partial charge is 0.508 e. The summed E-state index contributed by atoms with van der Waals surface area (Å²) in [4.78, 5) is 7.81. The summed E-state index contributed by atoms with van der Waals surface area (Å²) in [7, 11) is -3.68. The van der Waals surface area contributed by atoms with E-state index in [2.05, 4.69) is 9.71 Å². The van der Waals surface area contributed by atoms with Crippen molar-refractivity contribution in [3.05, 3.63) is 83.9 Å². The second kappa shape index (κ2) is 8.38. The number of aliphatic imine (C=N–C) groups is 1. The number of aromatic hydroxyl groups is 2. The third kappa shape index (κ3) is 4.48. The van der Waals surface area contributed by atoms with Crippen molar-refractivity contribution < 1.29 is 18.6 Å². The first-order valence-electron chi connectivity index (χ1n) is 10.7. The second-order valence-electron chi connectivity index (χ2n) is 8.19. The van der Waals surface area contributed by atoms with Crippen LogP contribution in [0, 0.1) is 5.92 Å². The Morgan fingerprint density at radius 3 is 2.42 bits per heavy atom. The maximum atomic E-state index is 12.9. The summed E-state index contributed by atoms with van der Waals surface area (Å²) >= 11 is 0. The van der Waals surface area contributed by atoms with Gasteiger partial charge in [-0.05, 0) is 61.2 Å². The lowest BCUT2D eigenvalue weighted by Gasteiger charge is -2.09. The summed E-state index contributed by atoms with van der Waals surface area (Å²) in [5, 5.41) is 21.0. The molecule has 0 amide bonds. The molecule has 0 unspecified atom stereocenters. The fourth-order valence-corrected chi connectivity index (χ4v) is 4.86. The normalized spacial score (nSPS) is 14.6. The average Bonchev–Trinajstić information content (AvgIpc) is 3.59. The van der Waals surface area contributed by atoms with Crippen LogP contribution in [0.25, 0.3) is 10.9 Å². The Morgan fingerprint density at radius 1 is 1.00 bits per heavy atom. The number of rotatable bonds is 7. The molecule has 0 spiro atoms. The van der Waals surface area contributed by atoms with Crippen molar-refractivity contribution in [3.63, 3.8) is 0 Å². The molecule has 0 saturated heterocycles. The van der Waals surface area contributed by atoms with Gasteiger partial charge in [-0.2, -0.15) is 0 Å². The minimum atomic E-state index is -3.68. The predicted molar refractivity (Wildman–Crippen MR) is 128 cm³/mol. The lowest BCUT2D eigenvalue weighted by Crippen LogP contribution is -2.25. The Kier molecular flexibility index (Phi) is 5.39. The van der Waals surface area contributed by atoms with Crippen molar-refractivity contribution in [2.45, 2.75) is 17.7 Å². The number of benzene rings is 3. The van der Waals surface area contributed by atoms with Crippen molar-refractivity contribution >= 4 is 32.3 Å². The Bertz CT molecular complexity index is 1440. The van der Waals surface area contributed by atoms with E-state index in [4.69, 9.17) is 4.99 Å². The number of H-pyrrole nitrogens is 1. The highest BCUT2D eigenvalue weighted by atomic mass is 32.2. The molecule has 7 nitrogen and oxygen atoms in total. The van der Waals surface area contributed by atoms with Crippen LogP contribution in [-0.2, 0) is 10.0 Å². The number of nitrogens with zero attached hydrogens (tertiary/aromatic N) is 1. The molecule has 8 heteroatoms. The highest BCUT2D eigenvalue weighted by molar-refractivity contribution is 7.89. The second-order valence-corrected chi connectivity index (χ2v) is 9.96. The highest BCUT2D eigenvalue weighted by Gasteiger charge is 2.25. The van der Waals surface area contributed by atoms with Crippen molar-refractivity contribution in [1.82, 2.24) is 9.71 Å². The summed E-state index contributed by atoms with van der Waals surface area (Å²) < 4.78 is 28.4. The fourth-order valence-electron chi connectivity index (χ4n) is 3.71. The number of phenolic OH excluding ortho intramolecular Hbond substituents is 1. The van der Waals surface area contributed by atoms with Crippen LogP contribution < -0.4 is 4.72 Å². The fraction of sp³-hybridized carbons (Fsp3) is 0.160. The van der Waals surface area contributed by atoms with Gasteiger partial charge in [-0.15, -0.1) is 0 Å². The molecular formula is C25H23N3O4S. The molecular weight excluding hydrogens is 438 g/mol. The van der Waals surface area contributed by atoms with Crippen LogP contribution in [0.15, 0.2) is 82.7 Å². The molecule has 0 radical (unpaired) electrons. The third-order valence-electron chi connectivity index (χ3n) is 5.69. The average molecular weight is 462 g/mol. The molecule has 1 aliphatic rings. The summed E-state index contributed by atoms with van der Waals surface area (Å²) in [6.45, 7) is 0.434. The van der Waals surface area contributed by atoms with Crippen LogP contribution >= 0.6 is 0 Å². The Hall–Kier alpha value is -3.62. The minimum Gasteiger partial charge on any atom is -0.508 e. The topological polar surface area (TPSA) is 115 Å². The lowest BCUT2D eigenvalue weighted by atomic mass is 10.0. The van der Waals surface area contributed by atoms with Crippen molar-refractivity contribution in [2.75, 3.05) is 6.54 Å². The van der Waals surface area contributed by atoms with Crippen molar-refractivity contribution in [2.24, 2.45) is 10.9 Å². The van der Waals surface area contributed by atoms with Crippen LogP contribution in [-0.4, -0.2) is 35.9 Å². The molecule has 33 heavy (non-hydrogen) atoms. The van der Waals surface area contributed by atoms with Gasteiger partial charge in [0.05, 0.1) is 21.9 Å². The molecule has 168 valence electrons. The molecule has 1 aromatic heterocycles. The van der Waals surface area contributed by atoms with E-state index < -0.39 is 10.0 Å². The molecule has 0 bridgehead atoms. The number of hydrogen-bond acceptors (Lipinski definition) is 5. The molecule has 0 atom stereocenters. The van der Waals surface area contributed by atoms with E-state index in [1.54, 1.807) is 24.3 Å². The summed E-state index contributed by atoms with van der Waals surface area (Å²) in [5.41, 5.74) is 2.81. The van der Waals surface area contributed by atoms with Crippen LogP contribution in [0.5, 0.6) is 11.6 Å². The van der Waals surface area contributed by atoms with Gasteiger partial charge in [0, 0.05) is 23.0 Å². The van der Waals surface area contributed by atoms with E-state index in [0.717, 1.165) is 18.4 Å². The SMILES string of the molecule is O=S(=O)(NCC1CC1)c1ccc2[nH]c(O)c(C(=Nc3ccc(O)cc3)c3ccccc3)c2c1. The van der Waals surface area contributed by atoms with Crippen LogP contribution in [0.3, 0.4) is 0 Å². The van der Waals surface area contributed by atoms with E-state index in [9.17, 15) is 18.6 Å². The molecule has 5 rings (SSSR count). The number of nitrogens with one attached hydrogen (secondary N) is 2. The zero-order chi connectivity index (χ0) is 23.0. The van der Waals surface area contributed by atoms with E-state index in [0.29, 0.717) is 40.3 Å². The molecule has 1 fully saturated rings. The van der Waals surface area contributed by atoms with Gasteiger partial charge in [0.15, 0.2) is 5.88 Å².